The van der Waals surface area contributed by atoms with Crippen LogP contribution in [0.25, 0.3) is 22.0 Å². The van der Waals surface area contributed by atoms with Crippen LogP contribution in [-0.2, 0) is 16.1 Å². The second-order valence-electron chi connectivity index (χ2n) is 8.72. The van der Waals surface area contributed by atoms with Gasteiger partial charge in [0.05, 0.1) is 30.7 Å². The van der Waals surface area contributed by atoms with Crippen LogP contribution in [0.1, 0.15) is 29.8 Å². The van der Waals surface area contributed by atoms with Gasteiger partial charge < -0.3 is 24.0 Å². The van der Waals surface area contributed by atoms with Gasteiger partial charge in [-0.25, -0.2) is 14.8 Å². The van der Waals surface area contributed by atoms with Crippen LogP contribution in [0.3, 0.4) is 0 Å². The van der Waals surface area contributed by atoms with Crippen molar-refractivity contribution >= 4 is 40.1 Å². The summed E-state index contributed by atoms with van der Waals surface area (Å²) >= 11 is 6.19. The average molecular weight is 507 g/mol. The van der Waals surface area contributed by atoms with E-state index in [0.29, 0.717) is 28.8 Å². The van der Waals surface area contributed by atoms with Gasteiger partial charge in [0.25, 0.3) is 0 Å². The number of halogens is 1. The number of carboxylic acids is 1. The molecule has 1 aliphatic heterocycles. The summed E-state index contributed by atoms with van der Waals surface area (Å²) in [6, 6.07) is 9.61. The molecule has 3 heterocycles. The summed E-state index contributed by atoms with van der Waals surface area (Å²) in [6.07, 6.45) is 2.12. The van der Waals surface area contributed by atoms with Gasteiger partial charge in [-0.3, -0.25) is 0 Å². The molecule has 0 saturated carbocycles. The number of ether oxygens (including phenoxy) is 2. The molecule has 0 unspecified atom stereocenters. The van der Waals surface area contributed by atoms with Crippen LogP contribution >= 0.6 is 11.6 Å². The summed E-state index contributed by atoms with van der Waals surface area (Å²) in [4.78, 5) is 23.6. The maximum atomic E-state index is 12.5. The third-order valence-corrected chi connectivity index (χ3v) is 6.94. The number of carboxylic acid groups (broad SMARTS) is 1. The number of hydrogen-bond donors (Lipinski definition) is 1. The number of aromatic nitrogens is 3. The first-order chi connectivity index (χ1) is 17.3. The molecule has 186 valence electrons. The van der Waals surface area contributed by atoms with Gasteiger partial charge in [0.1, 0.15) is 0 Å². The summed E-state index contributed by atoms with van der Waals surface area (Å²) < 4.78 is 13.3. The summed E-state index contributed by atoms with van der Waals surface area (Å²) in [6.45, 7) is 7.46. The number of nitrogens with zero attached hydrogens (tertiary/aromatic N) is 4. The zero-order chi connectivity index (χ0) is 25.6. The molecule has 0 saturated heterocycles. The van der Waals surface area contributed by atoms with Crippen LogP contribution in [0.4, 0.5) is 11.6 Å². The zero-order valence-electron chi connectivity index (χ0n) is 20.6. The Morgan fingerprint density at radius 2 is 1.86 bits per heavy atom. The quantitative estimate of drug-likeness (QED) is 0.344. The summed E-state index contributed by atoms with van der Waals surface area (Å²) in [5.41, 5.74) is 6.14. The van der Waals surface area contributed by atoms with Crippen LogP contribution in [0.5, 0.6) is 5.75 Å². The molecule has 0 radical (unpaired) electrons. The molecule has 5 rings (SSSR count). The fourth-order valence-electron chi connectivity index (χ4n) is 5.15. The van der Waals surface area contributed by atoms with Crippen molar-refractivity contribution in [3.05, 3.63) is 64.6 Å². The Kier molecular flexibility index (Phi) is 6.32. The van der Waals surface area contributed by atoms with Crippen LogP contribution in [0.2, 0.25) is 5.02 Å². The molecule has 0 bridgehead atoms. The largest absolute Gasteiger partial charge is 0.494 e. The fourth-order valence-corrected chi connectivity index (χ4v) is 5.27. The predicted molar refractivity (Wildman–Crippen MR) is 139 cm³/mol. The Morgan fingerprint density at radius 1 is 1.17 bits per heavy atom. The van der Waals surface area contributed by atoms with Gasteiger partial charge in [-0.15, -0.1) is 0 Å². The molecule has 4 aromatic rings. The number of benzene rings is 2. The molecule has 2 aromatic heterocycles. The van der Waals surface area contributed by atoms with E-state index < -0.39 is 12.1 Å². The van der Waals surface area contributed by atoms with E-state index in [4.69, 9.17) is 21.1 Å². The van der Waals surface area contributed by atoms with Crippen molar-refractivity contribution in [2.75, 3.05) is 25.2 Å². The van der Waals surface area contributed by atoms with Crippen molar-refractivity contribution < 1.29 is 19.4 Å². The molecule has 0 fully saturated rings. The smallest absolute Gasteiger partial charge is 0.337 e. The fraction of sp³-hybridized carbons (Fsp3) is 0.296. The van der Waals surface area contributed by atoms with Gasteiger partial charge in [0, 0.05) is 41.4 Å². The highest BCUT2D eigenvalue weighted by Gasteiger charge is 2.34. The summed E-state index contributed by atoms with van der Waals surface area (Å²) in [5, 5.41) is 11.8. The lowest BCUT2D eigenvalue weighted by molar-refractivity contribution is -0.150. The topological polar surface area (TPSA) is 89.7 Å². The second-order valence-corrected chi connectivity index (χ2v) is 9.15. The standard InChI is InChI=1S/C27H27ClN4O4/c1-5-36-25(26(33)34)21-16(3)23-24-20(22(21)17-6-8-18(28)9-7-17)12-15(2)31(24)10-11-32(23)27-29-13-19(35-4)14-30-27/h6-9,12-14,25H,5,10-11H2,1-4H3,(H,33,34)/t25-/m0/s1. The lowest BCUT2D eigenvalue weighted by Gasteiger charge is -2.33. The Hall–Kier alpha value is -3.62. The highest BCUT2D eigenvalue weighted by Crippen LogP contribution is 2.48. The van der Waals surface area contributed by atoms with E-state index in [1.807, 2.05) is 31.2 Å². The van der Waals surface area contributed by atoms with Crippen molar-refractivity contribution in [1.29, 1.82) is 0 Å². The van der Waals surface area contributed by atoms with Gasteiger partial charge in [-0.05, 0) is 55.7 Å². The van der Waals surface area contributed by atoms with Crippen LogP contribution in [0.15, 0.2) is 42.7 Å². The Morgan fingerprint density at radius 3 is 2.47 bits per heavy atom. The zero-order valence-corrected chi connectivity index (χ0v) is 21.3. The number of carbonyl (C=O) groups is 1. The first kappa shape index (κ1) is 24.1. The normalized spacial score (nSPS) is 13.8. The van der Waals surface area contributed by atoms with Crippen molar-refractivity contribution in [3.63, 3.8) is 0 Å². The van der Waals surface area contributed by atoms with Gasteiger partial charge >= 0.3 is 5.97 Å². The number of aliphatic carboxylic acids is 1. The highest BCUT2D eigenvalue weighted by atomic mass is 35.5. The molecule has 1 aliphatic rings. The average Bonchev–Trinajstić information content (AvgIpc) is 3.21. The lowest BCUT2D eigenvalue weighted by atomic mass is 9.87. The summed E-state index contributed by atoms with van der Waals surface area (Å²) in [5.74, 6) is 0.0533. The van der Waals surface area contributed by atoms with E-state index in [9.17, 15) is 9.90 Å². The monoisotopic (exact) mass is 506 g/mol. The lowest BCUT2D eigenvalue weighted by Crippen LogP contribution is -2.31. The first-order valence-corrected chi connectivity index (χ1v) is 12.1. The van der Waals surface area contributed by atoms with Crippen LogP contribution in [-0.4, -0.2) is 45.9 Å². The number of anilines is 2. The molecule has 1 atom stereocenters. The Balaban J connectivity index is 1.87. The van der Waals surface area contributed by atoms with Gasteiger partial charge in [-0.1, -0.05) is 23.7 Å². The SMILES string of the molecule is CCO[C@H](C(=O)O)c1c(C)c2c3c(cc(C)n3CCN2c2ncc(OC)cn2)c1-c1ccc(Cl)cc1. The van der Waals surface area contributed by atoms with Crippen molar-refractivity contribution in [2.24, 2.45) is 0 Å². The van der Waals surface area contributed by atoms with E-state index in [0.717, 1.165) is 45.5 Å². The van der Waals surface area contributed by atoms with Crippen molar-refractivity contribution in [1.82, 2.24) is 14.5 Å². The number of methoxy groups -OCH3 is 1. The van der Waals surface area contributed by atoms with Crippen molar-refractivity contribution in [2.45, 2.75) is 33.4 Å². The molecular formula is C27H27ClN4O4. The number of aryl methyl sites for hydroxylation is 1. The second kappa shape index (κ2) is 9.44. The molecule has 1 N–H and O–H groups in total. The highest BCUT2D eigenvalue weighted by molar-refractivity contribution is 6.30. The third-order valence-electron chi connectivity index (χ3n) is 6.69. The van der Waals surface area contributed by atoms with E-state index in [-0.39, 0.29) is 6.61 Å². The molecule has 0 aliphatic carbocycles. The number of rotatable bonds is 7. The maximum absolute atomic E-state index is 12.5. The van der Waals surface area contributed by atoms with Crippen LogP contribution in [0, 0.1) is 13.8 Å². The minimum atomic E-state index is -1.15. The molecule has 36 heavy (non-hydrogen) atoms. The van der Waals surface area contributed by atoms with E-state index in [1.54, 1.807) is 26.4 Å². The van der Waals surface area contributed by atoms with Gasteiger partial charge in [0.2, 0.25) is 5.95 Å². The van der Waals surface area contributed by atoms with Gasteiger partial charge in [-0.2, -0.15) is 0 Å². The minimum absolute atomic E-state index is 0.259. The molecule has 0 amide bonds. The minimum Gasteiger partial charge on any atom is -0.494 e. The Labute approximate surface area is 214 Å². The molecular weight excluding hydrogens is 480 g/mol. The molecule has 0 spiro atoms. The molecule has 8 nitrogen and oxygen atoms in total. The van der Waals surface area contributed by atoms with E-state index in [1.165, 1.54) is 0 Å². The third kappa shape index (κ3) is 3.86. The van der Waals surface area contributed by atoms with Crippen LogP contribution < -0.4 is 9.64 Å². The Bertz CT molecular complexity index is 1450. The maximum Gasteiger partial charge on any atom is 0.337 e. The molecule has 2 aromatic carbocycles. The molecule has 9 heteroatoms. The first-order valence-electron chi connectivity index (χ1n) is 11.8. The summed E-state index contributed by atoms with van der Waals surface area (Å²) in [7, 11) is 1.57. The van der Waals surface area contributed by atoms with Gasteiger partial charge in [0.15, 0.2) is 11.9 Å². The van der Waals surface area contributed by atoms with E-state index >= 15 is 0 Å². The van der Waals surface area contributed by atoms with E-state index in [2.05, 4.69) is 32.4 Å². The predicted octanol–water partition coefficient (Wildman–Crippen LogP) is 5.69. The number of hydrogen-bond acceptors (Lipinski definition) is 6. The van der Waals surface area contributed by atoms with Crippen molar-refractivity contribution in [3.8, 4) is 16.9 Å².